The van der Waals surface area contributed by atoms with E-state index in [1.54, 1.807) is 0 Å². The maximum atomic E-state index is 12.7. The van der Waals surface area contributed by atoms with Crippen LogP contribution < -0.4 is 11.1 Å². The number of nitrogens with one attached hydrogen (secondary N) is 1. The lowest BCUT2D eigenvalue weighted by Gasteiger charge is -2.43. The Morgan fingerprint density at radius 3 is 2.50 bits per heavy atom. The van der Waals surface area contributed by atoms with Gasteiger partial charge in [-0.1, -0.05) is 13.8 Å². The van der Waals surface area contributed by atoms with Gasteiger partial charge in [0.05, 0.1) is 24.7 Å². The number of carbonyl (C=O) groups excluding carboxylic acids is 1. The van der Waals surface area contributed by atoms with Crippen LogP contribution in [0.25, 0.3) is 0 Å². The lowest BCUT2D eigenvalue weighted by atomic mass is 9.80. The highest BCUT2D eigenvalue weighted by Gasteiger charge is 2.38. The summed E-state index contributed by atoms with van der Waals surface area (Å²) >= 11 is 0. The van der Waals surface area contributed by atoms with Crippen LogP contribution >= 0.6 is 0 Å². The Labute approximate surface area is 146 Å². The molecule has 5 nitrogen and oxygen atoms in total. The molecule has 0 unspecified atom stereocenters. The summed E-state index contributed by atoms with van der Waals surface area (Å²) in [6, 6.07) is 0.123. The molecule has 0 radical (unpaired) electrons. The second kappa shape index (κ2) is 8.15. The van der Waals surface area contributed by atoms with Crippen molar-refractivity contribution in [1.82, 2.24) is 10.2 Å². The van der Waals surface area contributed by atoms with Crippen LogP contribution in [0.1, 0.15) is 52.4 Å². The molecular weight excluding hydrogens is 302 g/mol. The second-order valence-electron chi connectivity index (χ2n) is 8.37. The van der Waals surface area contributed by atoms with Gasteiger partial charge in [0.25, 0.3) is 0 Å². The SMILES string of the molecule is CC(C)C1CCC(OC[C@H]2[C@@H](N)CCCN2C(=O)C2CNC2)CC1. The molecule has 2 atom stereocenters. The molecule has 3 N–H and O–H groups in total. The third-order valence-corrected chi connectivity index (χ3v) is 6.41. The first-order valence-corrected chi connectivity index (χ1v) is 9.94. The van der Waals surface area contributed by atoms with Gasteiger partial charge < -0.3 is 20.7 Å². The van der Waals surface area contributed by atoms with Crippen molar-refractivity contribution in [3.8, 4) is 0 Å². The van der Waals surface area contributed by atoms with E-state index >= 15 is 0 Å². The van der Waals surface area contributed by atoms with Crippen molar-refractivity contribution in [2.24, 2.45) is 23.5 Å². The Balaban J connectivity index is 1.50. The Morgan fingerprint density at radius 1 is 1.21 bits per heavy atom. The molecule has 1 aliphatic carbocycles. The predicted molar refractivity (Wildman–Crippen MR) is 95.6 cm³/mol. The highest BCUT2D eigenvalue weighted by molar-refractivity contribution is 5.80. The van der Waals surface area contributed by atoms with Gasteiger partial charge in [-0.05, 0) is 50.4 Å². The van der Waals surface area contributed by atoms with E-state index in [1.807, 2.05) is 4.90 Å². The van der Waals surface area contributed by atoms with Crippen LogP contribution in [-0.4, -0.2) is 55.2 Å². The summed E-state index contributed by atoms with van der Waals surface area (Å²) in [6.45, 7) is 7.74. The maximum absolute atomic E-state index is 12.7. The fraction of sp³-hybridized carbons (Fsp3) is 0.947. The fourth-order valence-corrected chi connectivity index (χ4v) is 4.43. The molecule has 2 aliphatic heterocycles. The molecular formula is C19H35N3O2. The number of carbonyl (C=O) groups is 1. The van der Waals surface area contributed by atoms with E-state index in [9.17, 15) is 4.79 Å². The Morgan fingerprint density at radius 2 is 1.92 bits per heavy atom. The van der Waals surface area contributed by atoms with Crippen molar-refractivity contribution in [3.05, 3.63) is 0 Å². The van der Waals surface area contributed by atoms with E-state index in [-0.39, 0.29) is 23.9 Å². The summed E-state index contributed by atoms with van der Waals surface area (Å²) < 4.78 is 6.24. The lowest BCUT2D eigenvalue weighted by Crippen LogP contribution is -2.61. The maximum Gasteiger partial charge on any atom is 0.228 e. The molecule has 2 saturated heterocycles. The number of ether oxygens (including phenoxy) is 1. The van der Waals surface area contributed by atoms with Gasteiger partial charge in [-0.15, -0.1) is 0 Å². The van der Waals surface area contributed by atoms with Gasteiger partial charge in [-0.3, -0.25) is 4.79 Å². The first-order valence-electron chi connectivity index (χ1n) is 9.94. The lowest BCUT2D eigenvalue weighted by molar-refractivity contribution is -0.144. The molecule has 0 aromatic heterocycles. The van der Waals surface area contributed by atoms with Gasteiger partial charge in [0, 0.05) is 25.7 Å². The summed E-state index contributed by atoms with van der Waals surface area (Å²) in [5.41, 5.74) is 6.35. The van der Waals surface area contributed by atoms with Gasteiger partial charge in [-0.25, -0.2) is 0 Å². The van der Waals surface area contributed by atoms with E-state index in [0.717, 1.165) is 57.2 Å². The molecule has 2 heterocycles. The highest BCUT2D eigenvalue weighted by Crippen LogP contribution is 2.31. The van der Waals surface area contributed by atoms with E-state index in [1.165, 1.54) is 12.8 Å². The number of piperidine rings is 1. The smallest absolute Gasteiger partial charge is 0.228 e. The molecule has 1 saturated carbocycles. The Bertz CT molecular complexity index is 417. The van der Waals surface area contributed by atoms with Crippen molar-refractivity contribution in [3.63, 3.8) is 0 Å². The van der Waals surface area contributed by atoms with Crippen LogP contribution in [-0.2, 0) is 9.53 Å². The number of rotatable bonds is 5. The molecule has 0 aromatic carbocycles. The van der Waals surface area contributed by atoms with Crippen molar-refractivity contribution in [2.75, 3.05) is 26.2 Å². The minimum atomic E-state index is 0.0581. The summed E-state index contributed by atoms with van der Waals surface area (Å²) in [6.07, 6.45) is 7.24. The first kappa shape index (κ1) is 18.2. The first-order chi connectivity index (χ1) is 11.6. The molecule has 5 heteroatoms. The van der Waals surface area contributed by atoms with Gasteiger partial charge in [0.1, 0.15) is 0 Å². The average Bonchev–Trinajstić information content (AvgIpc) is 2.52. The zero-order valence-electron chi connectivity index (χ0n) is 15.4. The molecule has 3 fully saturated rings. The zero-order chi connectivity index (χ0) is 17.1. The quantitative estimate of drug-likeness (QED) is 0.802. The summed E-state index contributed by atoms with van der Waals surface area (Å²) in [7, 11) is 0. The van der Waals surface area contributed by atoms with E-state index in [4.69, 9.17) is 10.5 Å². The Kier molecular flexibility index (Phi) is 6.17. The highest BCUT2D eigenvalue weighted by atomic mass is 16.5. The second-order valence-corrected chi connectivity index (χ2v) is 8.37. The number of amides is 1. The molecule has 0 bridgehead atoms. The zero-order valence-corrected chi connectivity index (χ0v) is 15.4. The van der Waals surface area contributed by atoms with Gasteiger partial charge in [0.2, 0.25) is 5.91 Å². The van der Waals surface area contributed by atoms with Gasteiger partial charge in [0.15, 0.2) is 0 Å². The fourth-order valence-electron chi connectivity index (χ4n) is 4.43. The van der Waals surface area contributed by atoms with E-state index in [0.29, 0.717) is 12.7 Å². The largest absolute Gasteiger partial charge is 0.376 e. The number of hydrogen-bond donors (Lipinski definition) is 2. The van der Waals surface area contributed by atoms with E-state index < -0.39 is 0 Å². The minimum absolute atomic E-state index is 0.0581. The molecule has 0 spiro atoms. The van der Waals surface area contributed by atoms with Crippen molar-refractivity contribution >= 4 is 5.91 Å². The third kappa shape index (κ3) is 4.12. The number of hydrogen-bond acceptors (Lipinski definition) is 4. The molecule has 3 aliphatic rings. The normalized spacial score (nSPS) is 35.1. The van der Waals surface area contributed by atoms with Crippen molar-refractivity contribution in [2.45, 2.75) is 70.6 Å². The van der Waals surface area contributed by atoms with Gasteiger partial charge in [-0.2, -0.15) is 0 Å². The number of nitrogens with two attached hydrogens (primary N) is 1. The molecule has 0 aromatic rings. The number of likely N-dealkylation sites (tertiary alicyclic amines) is 1. The molecule has 3 rings (SSSR count). The summed E-state index contributed by atoms with van der Waals surface area (Å²) in [5, 5.41) is 3.19. The van der Waals surface area contributed by atoms with Crippen LogP contribution in [0.5, 0.6) is 0 Å². The summed E-state index contributed by atoms with van der Waals surface area (Å²) in [4.78, 5) is 14.7. The number of nitrogens with zero attached hydrogens (tertiary/aromatic N) is 1. The van der Waals surface area contributed by atoms with Crippen LogP contribution in [0.4, 0.5) is 0 Å². The third-order valence-electron chi connectivity index (χ3n) is 6.41. The van der Waals surface area contributed by atoms with Gasteiger partial charge >= 0.3 is 0 Å². The molecule has 138 valence electrons. The topological polar surface area (TPSA) is 67.6 Å². The predicted octanol–water partition coefficient (Wildman–Crippen LogP) is 1.76. The van der Waals surface area contributed by atoms with Crippen molar-refractivity contribution in [1.29, 1.82) is 0 Å². The monoisotopic (exact) mass is 337 g/mol. The Hall–Kier alpha value is -0.650. The standard InChI is InChI=1S/C19H35N3O2/c1-13(2)14-5-7-16(8-6-14)24-12-18-17(20)4-3-9-22(18)19(23)15-10-21-11-15/h13-18,21H,3-12,20H2,1-2H3/t14?,16?,17-,18-/m0/s1. The van der Waals surface area contributed by atoms with Crippen LogP contribution in [0.15, 0.2) is 0 Å². The average molecular weight is 338 g/mol. The van der Waals surface area contributed by atoms with Crippen LogP contribution in [0, 0.1) is 17.8 Å². The van der Waals surface area contributed by atoms with E-state index in [2.05, 4.69) is 19.2 Å². The molecule has 24 heavy (non-hydrogen) atoms. The van der Waals surface area contributed by atoms with Crippen LogP contribution in [0.2, 0.25) is 0 Å². The minimum Gasteiger partial charge on any atom is -0.376 e. The van der Waals surface area contributed by atoms with Crippen molar-refractivity contribution < 1.29 is 9.53 Å². The summed E-state index contributed by atoms with van der Waals surface area (Å²) in [5.74, 6) is 2.06. The molecule has 1 amide bonds. The van der Waals surface area contributed by atoms with Crippen LogP contribution in [0.3, 0.4) is 0 Å².